The molecule has 0 spiro atoms. The summed E-state index contributed by atoms with van der Waals surface area (Å²) in [6.07, 6.45) is 9.20. The number of piperidine rings is 1. The van der Waals surface area contributed by atoms with Crippen LogP contribution in [0.5, 0.6) is 0 Å². The van der Waals surface area contributed by atoms with Gasteiger partial charge in [0.05, 0.1) is 11.0 Å². The number of amides is 3. The Morgan fingerprint density at radius 1 is 0.818 bits per heavy atom. The molecule has 2 fully saturated rings. The van der Waals surface area contributed by atoms with Crippen LogP contribution in [0.4, 0.5) is 4.79 Å². The molecule has 5 rings (SSSR count). The van der Waals surface area contributed by atoms with Crippen molar-refractivity contribution in [2.24, 2.45) is 0 Å². The Morgan fingerprint density at radius 3 is 2.21 bits per heavy atom. The van der Waals surface area contributed by atoms with E-state index in [9.17, 15) is 9.59 Å². The van der Waals surface area contributed by atoms with Crippen LogP contribution in [0.1, 0.15) is 55.3 Å². The number of hydrogen-bond donors (Lipinski definition) is 2. The first-order valence-corrected chi connectivity index (χ1v) is 12.1. The van der Waals surface area contributed by atoms with Gasteiger partial charge in [0.15, 0.2) is 0 Å². The number of likely N-dealkylation sites (tertiary alicyclic amines) is 1. The van der Waals surface area contributed by atoms with Gasteiger partial charge in [0.2, 0.25) is 0 Å². The molecule has 0 unspecified atom stereocenters. The number of para-hydroxylation sites is 2. The van der Waals surface area contributed by atoms with Crippen molar-refractivity contribution in [2.45, 2.75) is 57.0 Å². The zero-order valence-corrected chi connectivity index (χ0v) is 18.9. The lowest BCUT2D eigenvalue weighted by Crippen LogP contribution is -2.51. The molecule has 7 heteroatoms. The maximum absolute atomic E-state index is 13.0. The van der Waals surface area contributed by atoms with Crippen LogP contribution in [0.15, 0.2) is 54.9 Å². The summed E-state index contributed by atoms with van der Waals surface area (Å²) < 4.78 is 2.03. The molecule has 1 saturated heterocycles. The summed E-state index contributed by atoms with van der Waals surface area (Å²) >= 11 is 0. The topological polar surface area (TPSA) is 79.3 Å². The number of imidazole rings is 1. The van der Waals surface area contributed by atoms with Gasteiger partial charge in [-0.15, -0.1) is 0 Å². The summed E-state index contributed by atoms with van der Waals surface area (Å²) in [5, 5.41) is 6.22. The van der Waals surface area contributed by atoms with E-state index in [4.69, 9.17) is 0 Å². The van der Waals surface area contributed by atoms with Crippen molar-refractivity contribution in [3.8, 4) is 5.69 Å². The zero-order chi connectivity index (χ0) is 22.6. The summed E-state index contributed by atoms with van der Waals surface area (Å²) in [4.78, 5) is 31.7. The van der Waals surface area contributed by atoms with E-state index >= 15 is 0 Å². The van der Waals surface area contributed by atoms with Gasteiger partial charge >= 0.3 is 6.03 Å². The van der Waals surface area contributed by atoms with E-state index in [1.807, 2.05) is 64.3 Å². The van der Waals surface area contributed by atoms with Gasteiger partial charge in [-0.1, -0.05) is 31.4 Å². The van der Waals surface area contributed by atoms with Crippen molar-refractivity contribution >= 4 is 23.0 Å². The SMILES string of the molecule is O=C(NC1CCCCC1)NC1CCN(C(=O)c2ccc(-n3cnc4ccccc43)cc2)CC1. The number of aromatic nitrogens is 2. The van der Waals surface area contributed by atoms with Crippen molar-refractivity contribution in [1.29, 1.82) is 0 Å². The van der Waals surface area contributed by atoms with Crippen LogP contribution in [0, 0.1) is 0 Å². The van der Waals surface area contributed by atoms with Crippen LogP contribution in [0.2, 0.25) is 0 Å². The van der Waals surface area contributed by atoms with Crippen molar-refractivity contribution < 1.29 is 9.59 Å². The number of fused-ring (bicyclic) bond motifs is 1. The van der Waals surface area contributed by atoms with Gasteiger partial charge in [-0.2, -0.15) is 0 Å². The summed E-state index contributed by atoms with van der Waals surface area (Å²) in [7, 11) is 0. The normalized spacial score (nSPS) is 17.8. The second-order valence-electron chi connectivity index (χ2n) is 9.17. The quantitative estimate of drug-likeness (QED) is 0.630. The summed E-state index contributed by atoms with van der Waals surface area (Å²) in [5.74, 6) is 0.0437. The molecule has 0 bridgehead atoms. The van der Waals surface area contributed by atoms with E-state index in [1.165, 1.54) is 19.3 Å². The molecule has 2 aliphatic rings. The van der Waals surface area contributed by atoms with Crippen LogP contribution in [0.3, 0.4) is 0 Å². The number of nitrogens with zero attached hydrogens (tertiary/aromatic N) is 3. The maximum atomic E-state index is 13.0. The Labute approximate surface area is 194 Å². The zero-order valence-electron chi connectivity index (χ0n) is 18.9. The van der Waals surface area contributed by atoms with Gasteiger partial charge in [-0.3, -0.25) is 9.36 Å². The van der Waals surface area contributed by atoms with Crippen molar-refractivity contribution in [3.05, 3.63) is 60.4 Å². The molecule has 2 aromatic carbocycles. The lowest BCUT2D eigenvalue weighted by atomic mass is 9.96. The van der Waals surface area contributed by atoms with Gasteiger partial charge in [-0.05, 0) is 62.1 Å². The number of carbonyl (C=O) groups is 2. The fraction of sp³-hybridized carbons (Fsp3) is 0.423. The molecule has 0 atom stereocenters. The largest absolute Gasteiger partial charge is 0.338 e. The van der Waals surface area contributed by atoms with E-state index in [1.54, 1.807) is 0 Å². The Balaban J connectivity index is 1.14. The van der Waals surface area contributed by atoms with E-state index in [2.05, 4.69) is 15.6 Å². The van der Waals surface area contributed by atoms with Crippen LogP contribution < -0.4 is 10.6 Å². The van der Waals surface area contributed by atoms with Crippen molar-refractivity contribution in [1.82, 2.24) is 25.1 Å². The van der Waals surface area contributed by atoms with Crippen LogP contribution in [-0.4, -0.2) is 51.6 Å². The first-order valence-electron chi connectivity index (χ1n) is 12.1. The summed E-state index contributed by atoms with van der Waals surface area (Å²) in [6, 6.07) is 16.1. The molecule has 3 aromatic rings. The highest BCUT2D eigenvalue weighted by Crippen LogP contribution is 2.20. The van der Waals surface area contributed by atoms with Gasteiger partial charge in [0, 0.05) is 36.4 Å². The number of carbonyl (C=O) groups excluding carboxylic acids is 2. The summed E-state index contributed by atoms with van der Waals surface area (Å²) in [5.41, 5.74) is 3.65. The van der Waals surface area contributed by atoms with E-state index in [0.717, 1.165) is 42.4 Å². The monoisotopic (exact) mass is 445 g/mol. The third-order valence-electron chi connectivity index (χ3n) is 6.90. The van der Waals surface area contributed by atoms with E-state index in [-0.39, 0.29) is 18.0 Å². The fourth-order valence-electron chi connectivity index (χ4n) is 5.00. The highest BCUT2D eigenvalue weighted by Gasteiger charge is 2.25. The molecule has 2 N–H and O–H groups in total. The Bertz CT molecular complexity index is 1110. The number of urea groups is 1. The Hall–Kier alpha value is -3.35. The van der Waals surface area contributed by atoms with Crippen LogP contribution in [0.25, 0.3) is 16.7 Å². The van der Waals surface area contributed by atoms with Gasteiger partial charge in [0.1, 0.15) is 6.33 Å². The minimum Gasteiger partial charge on any atom is -0.338 e. The smallest absolute Gasteiger partial charge is 0.315 e. The molecule has 7 nitrogen and oxygen atoms in total. The highest BCUT2D eigenvalue weighted by molar-refractivity contribution is 5.94. The second kappa shape index (κ2) is 9.65. The standard InChI is InChI=1S/C26H31N5O2/c32-25(19-10-12-22(13-11-19)31-18-27-23-8-4-5-9-24(23)31)30-16-14-21(15-17-30)29-26(33)28-20-6-2-1-3-7-20/h4-5,8-13,18,20-21H,1-3,6-7,14-17H2,(H2,28,29,33). The first-order chi connectivity index (χ1) is 16.2. The molecule has 1 aromatic heterocycles. The van der Waals surface area contributed by atoms with Crippen LogP contribution >= 0.6 is 0 Å². The third-order valence-corrected chi connectivity index (χ3v) is 6.90. The fourth-order valence-corrected chi connectivity index (χ4v) is 5.00. The van der Waals surface area contributed by atoms with Gasteiger partial charge in [-0.25, -0.2) is 9.78 Å². The molecular formula is C26H31N5O2. The molecule has 172 valence electrons. The lowest BCUT2D eigenvalue weighted by molar-refractivity contribution is 0.0708. The van der Waals surface area contributed by atoms with E-state index in [0.29, 0.717) is 24.7 Å². The number of hydrogen-bond acceptors (Lipinski definition) is 3. The predicted molar refractivity (Wildman–Crippen MR) is 129 cm³/mol. The molecular weight excluding hydrogens is 414 g/mol. The lowest BCUT2D eigenvalue weighted by Gasteiger charge is -2.33. The Kier molecular flexibility index (Phi) is 6.28. The molecule has 0 radical (unpaired) electrons. The average Bonchev–Trinajstić information content (AvgIpc) is 3.29. The molecule has 1 saturated carbocycles. The van der Waals surface area contributed by atoms with Crippen LogP contribution in [-0.2, 0) is 0 Å². The maximum Gasteiger partial charge on any atom is 0.315 e. The number of rotatable bonds is 4. The molecule has 2 heterocycles. The minimum absolute atomic E-state index is 0.0437. The predicted octanol–water partition coefficient (Wildman–Crippen LogP) is 4.26. The van der Waals surface area contributed by atoms with Gasteiger partial charge < -0.3 is 15.5 Å². The second-order valence-corrected chi connectivity index (χ2v) is 9.17. The third kappa shape index (κ3) is 4.87. The molecule has 33 heavy (non-hydrogen) atoms. The minimum atomic E-state index is -0.0608. The van der Waals surface area contributed by atoms with Crippen molar-refractivity contribution in [2.75, 3.05) is 13.1 Å². The van der Waals surface area contributed by atoms with Crippen molar-refractivity contribution in [3.63, 3.8) is 0 Å². The number of benzene rings is 2. The number of nitrogens with one attached hydrogen (secondary N) is 2. The molecule has 3 amide bonds. The Morgan fingerprint density at radius 2 is 1.48 bits per heavy atom. The highest BCUT2D eigenvalue weighted by atomic mass is 16.2. The average molecular weight is 446 g/mol. The molecule has 1 aliphatic heterocycles. The van der Waals surface area contributed by atoms with E-state index < -0.39 is 0 Å². The first kappa shape index (κ1) is 21.5. The molecule has 1 aliphatic carbocycles. The summed E-state index contributed by atoms with van der Waals surface area (Å²) in [6.45, 7) is 1.31. The van der Waals surface area contributed by atoms with Gasteiger partial charge in [0.25, 0.3) is 5.91 Å².